The van der Waals surface area contributed by atoms with Crippen molar-refractivity contribution in [1.29, 1.82) is 0 Å². The molecule has 2 heteroatoms. The minimum Gasteiger partial charge on any atom is -0.393 e. The molecule has 1 aliphatic carbocycles. The van der Waals surface area contributed by atoms with Crippen molar-refractivity contribution in [3.63, 3.8) is 0 Å². The van der Waals surface area contributed by atoms with Crippen molar-refractivity contribution in [3.05, 3.63) is 0 Å². The lowest BCUT2D eigenvalue weighted by atomic mass is 9.82. The van der Waals surface area contributed by atoms with Gasteiger partial charge in [0.2, 0.25) is 0 Å². The first-order valence-corrected chi connectivity index (χ1v) is 6.12. The largest absolute Gasteiger partial charge is 0.393 e. The summed E-state index contributed by atoms with van der Waals surface area (Å²) in [5, 5.41) is 9.91. The molecule has 0 aromatic rings. The Labute approximate surface area is 93.1 Å². The third kappa shape index (κ3) is 3.94. The molecule has 0 aromatic heterocycles. The molecule has 0 heterocycles. The zero-order valence-corrected chi connectivity index (χ0v) is 10.3. The average Bonchev–Trinajstić information content (AvgIpc) is 2.30. The van der Waals surface area contributed by atoms with Crippen LogP contribution in [0.1, 0.15) is 59.3 Å². The lowest BCUT2D eigenvalue weighted by Gasteiger charge is -2.24. The molecule has 15 heavy (non-hydrogen) atoms. The number of hydrogen-bond donors (Lipinski definition) is 1. The van der Waals surface area contributed by atoms with Crippen molar-refractivity contribution in [2.24, 2.45) is 11.3 Å². The topological polar surface area (TPSA) is 37.3 Å². The molecule has 1 N–H and O–H groups in total. The van der Waals surface area contributed by atoms with Gasteiger partial charge in [-0.3, -0.25) is 4.79 Å². The number of carbonyl (C=O) groups is 1. The van der Waals surface area contributed by atoms with E-state index in [4.69, 9.17) is 0 Å². The second kappa shape index (κ2) is 5.11. The van der Waals surface area contributed by atoms with Gasteiger partial charge < -0.3 is 5.11 Å². The van der Waals surface area contributed by atoms with Crippen LogP contribution in [-0.2, 0) is 4.79 Å². The maximum absolute atomic E-state index is 11.9. The van der Waals surface area contributed by atoms with Crippen LogP contribution in [0.4, 0.5) is 0 Å². The number of aliphatic hydroxyl groups excluding tert-OH is 1. The van der Waals surface area contributed by atoms with E-state index in [0.717, 1.165) is 19.3 Å². The van der Waals surface area contributed by atoms with Gasteiger partial charge in [-0.05, 0) is 18.8 Å². The van der Waals surface area contributed by atoms with Crippen molar-refractivity contribution in [1.82, 2.24) is 0 Å². The Morgan fingerprint density at radius 1 is 1.20 bits per heavy atom. The molecule has 0 aliphatic heterocycles. The quantitative estimate of drug-likeness (QED) is 0.715. The molecule has 0 saturated heterocycles. The van der Waals surface area contributed by atoms with Gasteiger partial charge in [0.15, 0.2) is 0 Å². The maximum Gasteiger partial charge on any atom is 0.138 e. The van der Waals surface area contributed by atoms with Gasteiger partial charge >= 0.3 is 0 Å². The van der Waals surface area contributed by atoms with E-state index >= 15 is 0 Å². The average molecular weight is 212 g/mol. The smallest absolute Gasteiger partial charge is 0.138 e. The summed E-state index contributed by atoms with van der Waals surface area (Å²) in [7, 11) is 0. The third-order valence-corrected chi connectivity index (χ3v) is 3.40. The van der Waals surface area contributed by atoms with E-state index in [2.05, 4.69) is 0 Å². The van der Waals surface area contributed by atoms with Crippen LogP contribution >= 0.6 is 0 Å². The van der Waals surface area contributed by atoms with E-state index in [-0.39, 0.29) is 23.2 Å². The minimum absolute atomic E-state index is 0.208. The summed E-state index contributed by atoms with van der Waals surface area (Å²) in [5.41, 5.74) is -0.258. The van der Waals surface area contributed by atoms with E-state index in [1.165, 1.54) is 12.8 Å². The first-order valence-electron chi connectivity index (χ1n) is 6.12. The van der Waals surface area contributed by atoms with Gasteiger partial charge in [0.05, 0.1) is 6.10 Å². The van der Waals surface area contributed by atoms with E-state index in [1.807, 2.05) is 20.8 Å². The molecule has 0 bridgehead atoms. The van der Waals surface area contributed by atoms with Crippen molar-refractivity contribution in [2.45, 2.75) is 65.4 Å². The Morgan fingerprint density at radius 2 is 1.80 bits per heavy atom. The number of ketones is 1. The Morgan fingerprint density at radius 3 is 2.40 bits per heavy atom. The van der Waals surface area contributed by atoms with Crippen LogP contribution in [0.2, 0.25) is 0 Å². The molecular formula is C13H24O2. The first kappa shape index (κ1) is 12.7. The van der Waals surface area contributed by atoms with Gasteiger partial charge in [-0.2, -0.15) is 0 Å². The van der Waals surface area contributed by atoms with Crippen LogP contribution < -0.4 is 0 Å². The molecule has 0 spiro atoms. The monoisotopic (exact) mass is 212 g/mol. The summed E-state index contributed by atoms with van der Waals surface area (Å²) in [6.45, 7) is 5.87. The van der Waals surface area contributed by atoms with Gasteiger partial charge in [-0.15, -0.1) is 0 Å². The lowest BCUT2D eigenvalue weighted by Crippen LogP contribution is -2.28. The van der Waals surface area contributed by atoms with Crippen LogP contribution in [0.3, 0.4) is 0 Å². The summed E-state index contributed by atoms with van der Waals surface area (Å²) >= 11 is 0. The summed E-state index contributed by atoms with van der Waals surface area (Å²) in [4.78, 5) is 11.9. The van der Waals surface area contributed by atoms with Crippen molar-refractivity contribution >= 4 is 5.78 Å². The highest BCUT2D eigenvalue weighted by Crippen LogP contribution is 2.29. The Hall–Kier alpha value is -0.370. The summed E-state index contributed by atoms with van der Waals surface area (Å²) in [5.74, 6) is 0.493. The van der Waals surface area contributed by atoms with Crippen LogP contribution in [0.15, 0.2) is 0 Å². The molecule has 0 radical (unpaired) electrons. The maximum atomic E-state index is 11.9. The number of rotatable bonds is 2. The molecule has 88 valence electrons. The van der Waals surface area contributed by atoms with Crippen LogP contribution in [0.5, 0.6) is 0 Å². The molecule has 1 rings (SSSR count). The lowest BCUT2D eigenvalue weighted by molar-refractivity contribution is -0.128. The molecule has 1 aliphatic rings. The third-order valence-electron chi connectivity index (χ3n) is 3.40. The SMILES string of the molecule is CC(C)(C)C(=O)CC1CCCCCC1O. The number of hydrogen-bond acceptors (Lipinski definition) is 2. The van der Waals surface area contributed by atoms with Crippen molar-refractivity contribution < 1.29 is 9.90 Å². The highest BCUT2D eigenvalue weighted by Gasteiger charge is 2.28. The van der Waals surface area contributed by atoms with Gasteiger partial charge in [0.1, 0.15) is 5.78 Å². The van der Waals surface area contributed by atoms with E-state index < -0.39 is 0 Å². The molecule has 0 aromatic carbocycles. The molecule has 1 saturated carbocycles. The normalized spacial score (nSPS) is 28.5. The van der Waals surface area contributed by atoms with Gasteiger partial charge in [0, 0.05) is 11.8 Å². The second-order valence-electron chi connectivity index (χ2n) is 5.84. The second-order valence-corrected chi connectivity index (χ2v) is 5.84. The van der Waals surface area contributed by atoms with Crippen molar-refractivity contribution in [2.75, 3.05) is 0 Å². The summed E-state index contributed by atoms with van der Waals surface area (Å²) < 4.78 is 0. The molecule has 0 amide bonds. The number of carbonyl (C=O) groups excluding carboxylic acids is 1. The highest BCUT2D eigenvalue weighted by molar-refractivity contribution is 5.83. The predicted molar refractivity (Wildman–Crippen MR) is 61.7 cm³/mol. The van der Waals surface area contributed by atoms with E-state index in [1.54, 1.807) is 0 Å². The Kier molecular flexibility index (Phi) is 4.32. The Balaban J connectivity index is 2.52. The van der Waals surface area contributed by atoms with Gasteiger partial charge in [-0.25, -0.2) is 0 Å². The first-order chi connectivity index (χ1) is 6.91. The van der Waals surface area contributed by atoms with Crippen LogP contribution in [-0.4, -0.2) is 17.0 Å². The summed E-state index contributed by atoms with van der Waals surface area (Å²) in [6, 6.07) is 0. The van der Waals surface area contributed by atoms with Gasteiger partial charge in [0.25, 0.3) is 0 Å². The fraction of sp³-hybridized carbons (Fsp3) is 0.923. The van der Waals surface area contributed by atoms with Crippen molar-refractivity contribution in [3.8, 4) is 0 Å². The Bertz CT molecular complexity index is 215. The zero-order chi connectivity index (χ0) is 11.5. The summed E-state index contributed by atoms with van der Waals surface area (Å²) in [6.07, 6.45) is 5.69. The molecule has 1 fully saturated rings. The highest BCUT2D eigenvalue weighted by atomic mass is 16.3. The van der Waals surface area contributed by atoms with Gasteiger partial charge in [-0.1, -0.05) is 40.0 Å². The zero-order valence-electron chi connectivity index (χ0n) is 10.3. The standard InChI is InChI=1S/C13H24O2/c1-13(2,3)12(15)9-10-7-5-4-6-8-11(10)14/h10-11,14H,4-9H2,1-3H3. The number of Topliss-reactive ketones (excluding diaryl/α,β-unsaturated/α-hetero) is 1. The minimum atomic E-state index is -0.258. The van der Waals surface area contributed by atoms with E-state index in [9.17, 15) is 9.90 Å². The van der Waals surface area contributed by atoms with E-state index in [0.29, 0.717) is 6.42 Å². The fourth-order valence-electron chi connectivity index (χ4n) is 2.15. The molecule has 2 nitrogen and oxygen atoms in total. The molecular weight excluding hydrogens is 188 g/mol. The predicted octanol–water partition coefficient (Wildman–Crippen LogP) is 2.93. The fourth-order valence-corrected chi connectivity index (χ4v) is 2.15. The molecule has 2 atom stereocenters. The number of aliphatic hydroxyl groups is 1. The molecule has 2 unspecified atom stereocenters. The van der Waals surface area contributed by atoms with Crippen LogP contribution in [0, 0.1) is 11.3 Å². The van der Waals surface area contributed by atoms with Crippen LogP contribution in [0.25, 0.3) is 0 Å².